The molecule has 34 heteroatoms. The fraction of sp³-hybridized carbons (Fsp3) is 0.222. The molecule has 28 bridgehead atoms. The van der Waals surface area contributed by atoms with E-state index in [9.17, 15) is 34.5 Å². The number of aromatic nitrogens is 8. The molecule has 0 atom stereocenters. The van der Waals surface area contributed by atoms with E-state index in [0.717, 1.165) is 200 Å². The maximum absolute atomic E-state index is 9.75. The second-order valence-corrected chi connectivity index (χ2v) is 32.2. The summed E-state index contributed by atoms with van der Waals surface area (Å²) in [6.45, 7) is 10.4. The molecule has 18 aromatic rings. The zero-order chi connectivity index (χ0) is 96.3. The SMILES string of the molecule is F[B-](F)(F)F.F[B-](F)(F)F.[Cu+].[Cu+].c1cc2cc(c1)-c1ccc3ccc4ccc(nc4c3n1)-c1ccc(cc1)OCCOCCOCCOCCOCCOCCOc1ccc(cc1)-c1ccc3ccc4ccc(nc4c3n1)-c1cccc(c1)-c1ccc3ccc4ccc(nc4c3n1)-c1ccc(cc1)OCCOCCOCCOCCOCCOCCOc1ccc(cc1)-c1ccc3ccc4ccc-2nc4c3n1. The van der Waals surface area contributed by atoms with Crippen LogP contribution in [0.2, 0.25) is 0 Å². The molecular formula is C108H96B2Cu2F8N8O14. The average molecular weight is 2030 g/mol. The van der Waals surface area contributed by atoms with Crippen molar-refractivity contribution in [3.05, 3.63) is 291 Å². The van der Waals surface area contributed by atoms with Crippen LogP contribution in [0.5, 0.6) is 23.0 Å². The molecule has 0 aliphatic carbocycles. The molecule has 736 valence electrons. The van der Waals surface area contributed by atoms with E-state index in [0.29, 0.717) is 159 Å². The molecule has 0 radical (unpaired) electrons. The monoisotopic (exact) mass is 2030 g/mol. The molecule has 0 spiro atoms. The van der Waals surface area contributed by atoms with Crippen LogP contribution in [0.1, 0.15) is 0 Å². The van der Waals surface area contributed by atoms with Gasteiger partial charge in [0.25, 0.3) is 0 Å². The Morgan fingerprint density at radius 2 is 0.282 bits per heavy atom. The van der Waals surface area contributed by atoms with Gasteiger partial charge in [-0.25, -0.2) is 39.9 Å². The van der Waals surface area contributed by atoms with Crippen LogP contribution in [0.3, 0.4) is 0 Å². The van der Waals surface area contributed by atoms with Gasteiger partial charge in [-0.05, 0) is 158 Å². The Morgan fingerprint density at radius 1 is 0.155 bits per heavy atom. The summed E-state index contributed by atoms with van der Waals surface area (Å²) in [5.41, 5.74) is 21.0. The molecule has 10 aromatic carbocycles. The normalized spacial score (nSPS) is 14.8. The second kappa shape index (κ2) is 51.0. The van der Waals surface area contributed by atoms with Gasteiger partial charge in [-0.2, -0.15) is 0 Å². The Morgan fingerprint density at radius 3 is 0.430 bits per heavy atom. The first-order chi connectivity index (χ1) is 68.4. The van der Waals surface area contributed by atoms with Gasteiger partial charge in [0.15, 0.2) is 0 Å². The first kappa shape index (κ1) is 103. The third kappa shape index (κ3) is 29.1. The van der Waals surface area contributed by atoms with Gasteiger partial charge >= 0.3 is 48.6 Å². The molecule has 22 nitrogen and oxygen atoms in total. The van der Waals surface area contributed by atoms with Crippen molar-refractivity contribution in [3.8, 4) is 113 Å². The van der Waals surface area contributed by atoms with Crippen molar-refractivity contribution in [2.75, 3.05) is 159 Å². The van der Waals surface area contributed by atoms with Crippen LogP contribution in [0.4, 0.5) is 34.5 Å². The van der Waals surface area contributed by atoms with Crippen molar-refractivity contribution >= 4 is 102 Å². The average Bonchev–Trinajstić information content (AvgIpc) is 0.752. The summed E-state index contributed by atoms with van der Waals surface area (Å²) in [7, 11) is -12.0. The van der Waals surface area contributed by atoms with E-state index in [2.05, 4.69) is 170 Å². The standard InChI is InChI=1S/C108H96N8O14.2BF4.2Cu/c1-3-85-71-86(4-1)98-44-28-82-12-8-78-24-40-94(110-102(78)106(82)114-98)74-17-33-90(34-18-74)128-68-64-124-60-56-120-52-48-118-50-54-122-58-62-126-66-70-130-92-37-21-76(22-38-92)96-42-26-80-10-14-84-30-46-100(116-108(84)104(80)112-96)88-6-2-5-87(72-88)99-45-29-83-13-9-79-25-41-95(111-103(79)107(83)115-99)75-19-35-91(36-20-75)129-69-65-125-61-57-121-53-49-117-47-51-119-55-59-123-63-67-127-89-31-15-73(16-32-89)93-39-23-77-7-11-81-27-43-97(85)113-105(81)101(77)109-93;2*2-1(3,4)5;;/h1-46,71-72H,47-70H2;;;;/q;2*-1;2*+1. The van der Waals surface area contributed by atoms with E-state index in [1.54, 1.807) is 0 Å². The largest absolute Gasteiger partial charge is 1.00 e. The molecule has 15 heterocycles. The van der Waals surface area contributed by atoms with Gasteiger partial charge in [0, 0.05) is 87.6 Å². The molecular weight excluding hydrogens is 1930 g/mol. The van der Waals surface area contributed by atoms with Crippen LogP contribution in [-0.2, 0) is 81.5 Å². The van der Waals surface area contributed by atoms with Gasteiger partial charge in [-0.15, -0.1) is 0 Å². The molecule has 0 fully saturated rings. The minimum absolute atomic E-state index is 0. The number of rotatable bonds is 0. The Hall–Kier alpha value is -13.1. The minimum Gasteiger partial charge on any atom is -0.491 e. The topological polar surface area (TPSA) is 232 Å². The fourth-order valence-electron chi connectivity index (χ4n) is 15.8. The van der Waals surface area contributed by atoms with Crippen molar-refractivity contribution in [1.29, 1.82) is 0 Å². The van der Waals surface area contributed by atoms with Crippen LogP contribution in [0.25, 0.3) is 177 Å². The Bertz CT molecular complexity index is 6390. The number of pyridine rings is 8. The van der Waals surface area contributed by atoms with Crippen LogP contribution in [0.15, 0.2) is 291 Å². The van der Waals surface area contributed by atoms with Gasteiger partial charge in [-0.3, -0.25) is 0 Å². The van der Waals surface area contributed by atoms with Crippen LogP contribution >= 0.6 is 0 Å². The second-order valence-electron chi connectivity index (χ2n) is 32.2. The molecule has 0 saturated carbocycles. The first-order valence-corrected chi connectivity index (χ1v) is 45.9. The third-order valence-corrected chi connectivity index (χ3v) is 22.5. The number of hydrogen-bond donors (Lipinski definition) is 0. The first-order valence-electron chi connectivity index (χ1n) is 45.9. The van der Waals surface area contributed by atoms with Crippen molar-refractivity contribution < 1.29 is 135 Å². The maximum Gasteiger partial charge on any atom is 1.00 e. The third-order valence-electron chi connectivity index (χ3n) is 22.5. The van der Waals surface area contributed by atoms with Gasteiger partial charge in [0.05, 0.1) is 222 Å². The number of benzene rings is 10. The van der Waals surface area contributed by atoms with E-state index in [4.69, 9.17) is 106 Å². The van der Waals surface area contributed by atoms with E-state index in [-0.39, 0.29) is 34.1 Å². The zero-order valence-corrected chi connectivity index (χ0v) is 78.6. The number of halogens is 8. The smallest absolute Gasteiger partial charge is 0.491 e. The summed E-state index contributed by atoms with van der Waals surface area (Å²) in [5, 5.41) is 8.01. The van der Waals surface area contributed by atoms with E-state index < -0.39 is 14.5 Å². The minimum atomic E-state index is -6.00. The summed E-state index contributed by atoms with van der Waals surface area (Å²) in [6.07, 6.45) is 0. The predicted octanol–water partition coefficient (Wildman–Crippen LogP) is 23.4. The van der Waals surface area contributed by atoms with E-state index >= 15 is 0 Å². The number of nitrogens with zero attached hydrogens (tertiary/aromatic N) is 8. The molecule has 8 aromatic heterocycles. The molecule has 7 aliphatic rings. The van der Waals surface area contributed by atoms with Crippen molar-refractivity contribution in [3.63, 3.8) is 0 Å². The van der Waals surface area contributed by atoms with Crippen molar-refractivity contribution in [1.82, 2.24) is 39.9 Å². The molecule has 0 saturated heterocycles. The van der Waals surface area contributed by atoms with E-state index in [1.165, 1.54) is 0 Å². The summed E-state index contributed by atoms with van der Waals surface area (Å²) < 4.78 is 160. The molecule has 25 rings (SSSR count). The van der Waals surface area contributed by atoms with Crippen LogP contribution < -0.4 is 18.9 Å². The summed E-state index contributed by atoms with van der Waals surface area (Å²) in [5.74, 6) is 2.96. The summed E-state index contributed by atoms with van der Waals surface area (Å²) in [6, 6.07) is 98.8. The van der Waals surface area contributed by atoms with Crippen molar-refractivity contribution in [2.24, 2.45) is 0 Å². The maximum atomic E-state index is 9.75. The number of ether oxygens (including phenoxy) is 14. The fourth-order valence-corrected chi connectivity index (χ4v) is 15.8. The Balaban J connectivity index is 0.00000121. The van der Waals surface area contributed by atoms with Crippen molar-refractivity contribution in [2.45, 2.75) is 0 Å². The van der Waals surface area contributed by atoms with Gasteiger partial charge in [0.1, 0.15) is 49.4 Å². The quantitative estimate of drug-likeness (QED) is 0.0780. The molecule has 142 heavy (non-hydrogen) atoms. The summed E-state index contributed by atoms with van der Waals surface area (Å²) in [4.78, 5) is 42.1. The zero-order valence-electron chi connectivity index (χ0n) is 76.8. The Labute approximate surface area is 834 Å². The van der Waals surface area contributed by atoms with Gasteiger partial charge < -0.3 is 101 Å². The predicted molar refractivity (Wildman–Crippen MR) is 529 cm³/mol. The molecule has 7 aliphatic heterocycles. The molecule has 0 amide bonds. The van der Waals surface area contributed by atoms with Crippen LogP contribution in [0, 0.1) is 0 Å². The Kier molecular flexibility index (Phi) is 37.1. The van der Waals surface area contributed by atoms with E-state index in [1.807, 2.05) is 121 Å². The number of hydrogen-bond acceptors (Lipinski definition) is 22. The van der Waals surface area contributed by atoms with Gasteiger partial charge in [-0.1, -0.05) is 133 Å². The molecule has 0 unspecified atom stereocenters. The molecule has 0 N–H and O–H groups in total. The van der Waals surface area contributed by atoms with Gasteiger partial charge in [0.2, 0.25) is 0 Å². The summed E-state index contributed by atoms with van der Waals surface area (Å²) >= 11 is 0. The van der Waals surface area contributed by atoms with Crippen LogP contribution in [-0.4, -0.2) is 213 Å².